The van der Waals surface area contributed by atoms with Gasteiger partial charge in [-0.3, -0.25) is 0 Å². The zero-order chi connectivity index (χ0) is 12.6. The van der Waals surface area contributed by atoms with Crippen molar-refractivity contribution in [3.8, 4) is 0 Å². The van der Waals surface area contributed by atoms with Crippen LogP contribution in [0, 0.1) is 0 Å². The summed E-state index contributed by atoms with van der Waals surface area (Å²) in [6, 6.07) is 4.28. The fraction of sp³-hybridized carbons (Fsp3) is 0.714. The summed E-state index contributed by atoms with van der Waals surface area (Å²) in [5, 5.41) is 13.2. The van der Waals surface area contributed by atoms with E-state index in [4.69, 9.17) is 9.15 Å². The molecule has 0 saturated heterocycles. The van der Waals surface area contributed by atoms with Crippen molar-refractivity contribution in [2.45, 2.75) is 50.9 Å². The Morgan fingerprint density at radius 3 is 2.94 bits per heavy atom. The van der Waals surface area contributed by atoms with Crippen molar-refractivity contribution >= 4 is 0 Å². The molecular formula is C14H23NO3. The number of rotatable bonds is 7. The lowest BCUT2D eigenvalue weighted by atomic mass is 9.95. The number of hydrogen-bond acceptors (Lipinski definition) is 4. The quantitative estimate of drug-likeness (QED) is 0.781. The van der Waals surface area contributed by atoms with Gasteiger partial charge in [-0.05, 0) is 25.0 Å². The van der Waals surface area contributed by atoms with Gasteiger partial charge < -0.3 is 19.6 Å². The largest absolute Gasteiger partial charge is 0.467 e. The SMILES string of the molecule is OC(CNC1CCCCC1)COCc1ccco1. The molecule has 1 aliphatic rings. The van der Waals surface area contributed by atoms with Crippen molar-refractivity contribution < 1.29 is 14.3 Å². The standard InChI is InChI=1S/C14H23NO3/c16-13(9-15-12-5-2-1-3-6-12)10-17-11-14-7-4-8-18-14/h4,7-8,12-13,15-16H,1-3,5-6,9-11H2. The van der Waals surface area contributed by atoms with E-state index < -0.39 is 6.10 Å². The van der Waals surface area contributed by atoms with Crippen LogP contribution in [0.5, 0.6) is 0 Å². The van der Waals surface area contributed by atoms with Gasteiger partial charge in [-0.15, -0.1) is 0 Å². The molecule has 2 N–H and O–H groups in total. The normalized spacial score (nSPS) is 18.9. The molecule has 4 nitrogen and oxygen atoms in total. The van der Waals surface area contributed by atoms with Gasteiger partial charge in [0.1, 0.15) is 12.4 Å². The Balaban J connectivity index is 1.53. The number of aliphatic hydroxyl groups excluding tert-OH is 1. The third kappa shape index (κ3) is 4.80. The number of aliphatic hydroxyl groups is 1. The second-order valence-electron chi connectivity index (χ2n) is 4.99. The van der Waals surface area contributed by atoms with E-state index in [1.165, 1.54) is 32.1 Å². The summed E-state index contributed by atoms with van der Waals surface area (Å²) in [6.07, 6.45) is 7.62. The van der Waals surface area contributed by atoms with E-state index in [2.05, 4.69) is 5.32 Å². The van der Waals surface area contributed by atoms with E-state index in [-0.39, 0.29) is 0 Å². The smallest absolute Gasteiger partial charge is 0.129 e. The van der Waals surface area contributed by atoms with Gasteiger partial charge >= 0.3 is 0 Å². The maximum absolute atomic E-state index is 9.79. The molecule has 1 aromatic heterocycles. The molecule has 0 radical (unpaired) electrons. The molecule has 0 spiro atoms. The molecule has 1 saturated carbocycles. The minimum Gasteiger partial charge on any atom is -0.467 e. The number of furan rings is 1. The highest BCUT2D eigenvalue weighted by atomic mass is 16.5. The average molecular weight is 253 g/mol. The predicted molar refractivity (Wildman–Crippen MR) is 69.2 cm³/mol. The summed E-state index contributed by atoms with van der Waals surface area (Å²) >= 11 is 0. The van der Waals surface area contributed by atoms with E-state index in [1.807, 2.05) is 12.1 Å². The van der Waals surface area contributed by atoms with Gasteiger partial charge in [0.05, 0.1) is 19.0 Å². The van der Waals surface area contributed by atoms with Crippen LogP contribution in [0.1, 0.15) is 37.9 Å². The molecule has 1 unspecified atom stereocenters. The van der Waals surface area contributed by atoms with Gasteiger partial charge in [0.2, 0.25) is 0 Å². The molecule has 102 valence electrons. The fourth-order valence-corrected chi connectivity index (χ4v) is 2.36. The van der Waals surface area contributed by atoms with Crippen molar-refractivity contribution in [3.63, 3.8) is 0 Å². The molecule has 0 aliphatic heterocycles. The molecular weight excluding hydrogens is 230 g/mol. The van der Waals surface area contributed by atoms with Gasteiger partial charge in [-0.1, -0.05) is 19.3 Å². The average Bonchev–Trinajstić information content (AvgIpc) is 2.91. The molecule has 1 heterocycles. The van der Waals surface area contributed by atoms with Crippen LogP contribution < -0.4 is 5.32 Å². The lowest BCUT2D eigenvalue weighted by molar-refractivity contribution is 0.0210. The molecule has 1 fully saturated rings. The monoisotopic (exact) mass is 253 g/mol. The first-order valence-electron chi connectivity index (χ1n) is 6.86. The molecule has 1 atom stereocenters. The third-order valence-corrected chi connectivity index (χ3v) is 3.38. The summed E-state index contributed by atoms with van der Waals surface area (Å²) in [6.45, 7) is 1.39. The Morgan fingerprint density at radius 2 is 2.22 bits per heavy atom. The summed E-state index contributed by atoms with van der Waals surface area (Å²) in [5.74, 6) is 0.794. The van der Waals surface area contributed by atoms with Crippen LogP contribution in [0.2, 0.25) is 0 Å². The Hall–Kier alpha value is -0.840. The molecule has 0 aromatic carbocycles. The van der Waals surface area contributed by atoms with Crippen molar-refractivity contribution in [1.29, 1.82) is 0 Å². The zero-order valence-corrected chi connectivity index (χ0v) is 10.8. The van der Waals surface area contributed by atoms with E-state index >= 15 is 0 Å². The van der Waals surface area contributed by atoms with Crippen molar-refractivity contribution in [3.05, 3.63) is 24.2 Å². The number of hydrogen-bond donors (Lipinski definition) is 2. The highest BCUT2D eigenvalue weighted by Crippen LogP contribution is 2.17. The van der Waals surface area contributed by atoms with E-state index in [1.54, 1.807) is 6.26 Å². The lowest BCUT2D eigenvalue weighted by Crippen LogP contribution is -2.38. The first kappa shape index (κ1) is 13.6. The molecule has 4 heteroatoms. The predicted octanol–water partition coefficient (Wildman–Crippen LogP) is 2.08. The number of nitrogens with one attached hydrogen (secondary N) is 1. The van der Waals surface area contributed by atoms with Crippen LogP contribution in [-0.2, 0) is 11.3 Å². The van der Waals surface area contributed by atoms with Gasteiger partial charge in [-0.2, -0.15) is 0 Å². The first-order chi connectivity index (χ1) is 8.84. The van der Waals surface area contributed by atoms with Crippen LogP contribution >= 0.6 is 0 Å². The Labute approximate surface area is 108 Å². The van der Waals surface area contributed by atoms with E-state index in [0.29, 0.717) is 25.8 Å². The molecule has 1 aromatic rings. The van der Waals surface area contributed by atoms with Gasteiger partial charge in [0.15, 0.2) is 0 Å². The van der Waals surface area contributed by atoms with Crippen LogP contribution in [-0.4, -0.2) is 30.4 Å². The van der Waals surface area contributed by atoms with Crippen molar-refractivity contribution in [2.75, 3.05) is 13.2 Å². The minimum atomic E-state index is -0.443. The maximum Gasteiger partial charge on any atom is 0.129 e. The second kappa shape index (κ2) is 7.56. The minimum absolute atomic E-state index is 0.348. The lowest BCUT2D eigenvalue weighted by Gasteiger charge is -2.24. The van der Waals surface area contributed by atoms with Gasteiger partial charge in [0, 0.05) is 12.6 Å². The second-order valence-corrected chi connectivity index (χ2v) is 4.99. The Kier molecular flexibility index (Phi) is 5.71. The summed E-state index contributed by atoms with van der Waals surface area (Å²) in [5.41, 5.74) is 0. The maximum atomic E-state index is 9.79. The van der Waals surface area contributed by atoms with Gasteiger partial charge in [-0.25, -0.2) is 0 Å². The van der Waals surface area contributed by atoms with Crippen LogP contribution in [0.25, 0.3) is 0 Å². The molecule has 0 amide bonds. The van der Waals surface area contributed by atoms with Crippen LogP contribution in [0.4, 0.5) is 0 Å². The highest BCUT2D eigenvalue weighted by molar-refractivity contribution is 4.96. The summed E-state index contributed by atoms with van der Waals surface area (Å²) < 4.78 is 10.5. The van der Waals surface area contributed by atoms with E-state index in [9.17, 15) is 5.11 Å². The molecule has 2 rings (SSSR count). The zero-order valence-electron chi connectivity index (χ0n) is 10.8. The van der Waals surface area contributed by atoms with Crippen molar-refractivity contribution in [1.82, 2.24) is 5.32 Å². The molecule has 1 aliphatic carbocycles. The summed E-state index contributed by atoms with van der Waals surface area (Å²) in [4.78, 5) is 0. The van der Waals surface area contributed by atoms with Gasteiger partial charge in [0.25, 0.3) is 0 Å². The summed E-state index contributed by atoms with van der Waals surface area (Å²) in [7, 11) is 0. The van der Waals surface area contributed by atoms with Crippen molar-refractivity contribution in [2.24, 2.45) is 0 Å². The van der Waals surface area contributed by atoms with E-state index in [0.717, 1.165) is 5.76 Å². The molecule has 0 bridgehead atoms. The fourth-order valence-electron chi connectivity index (χ4n) is 2.36. The van der Waals surface area contributed by atoms with Crippen LogP contribution in [0.3, 0.4) is 0 Å². The topological polar surface area (TPSA) is 54.6 Å². The Bertz CT molecular complexity index is 307. The number of ether oxygens (including phenoxy) is 1. The third-order valence-electron chi connectivity index (χ3n) is 3.38. The first-order valence-corrected chi connectivity index (χ1v) is 6.86. The molecule has 18 heavy (non-hydrogen) atoms. The Morgan fingerprint density at radius 1 is 1.39 bits per heavy atom. The van der Waals surface area contributed by atoms with Crippen LogP contribution in [0.15, 0.2) is 22.8 Å². The highest BCUT2D eigenvalue weighted by Gasteiger charge is 2.14.